The van der Waals surface area contributed by atoms with Gasteiger partial charge in [-0.25, -0.2) is 0 Å². The van der Waals surface area contributed by atoms with Crippen LogP contribution in [0.4, 0.5) is 11.4 Å². The minimum atomic E-state index is 0.302. The molecule has 3 atom stereocenters. The van der Waals surface area contributed by atoms with E-state index in [2.05, 4.69) is 61.0 Å². The molecule has 1 N–H and O–H groups in total. The molecule has 0 saturated carbocycles. The summed E-state index contributed by atoms with van der Waals surface area (Å²) in [5.41, 5.74) is 4.07. The highest BCUT2D eigenvalue weighted by Gasteiger charge is 2.24. The lowest BCUT2D eigenvalue weighted by atomic mass is 10.1. The SMILES string of the molecule is Cc1cc(N2CCNC[C@H]2C)ccc1N1C[C@@H](C)O[C@@H](C)C1. The van der Waals surface area contributed by atoms with E-state index >= 15 is 0 Å². The number of ether oxygens (including phenoxy) is 1. The van der Waals surface area contributed by atoms with E-state index in [1.54, 1.807) is 0 Å². The number of hydrogen-bond acceptors (Lipinski definition) is 4. The van der Waals surface area contributed by atoms with Crippen molar-refractivity contribution in [3.63, 3.8) is 0 Å². The summed E-state index contributed by atoms with van der Waals surface area (Å²) in [5, 5.41) is 3.46. The van der Waals surface area contributed by atoms with Crippen LogP contribution in [0.2, 0.25) is 0 Å². The van der Waals surface area contributed by atoms with Gasteiger partial charge in [-0.1, -0.05) is 0 Å². The zero-order valence-corrected chi connectivity index (χ0v) is 14.3. The second-order valence-corrected chi connectivity index (χ2v) is 6.88. The number of nitrogens with zero attached hydrogens (tertiary/aromatic N) is 2. The Hall–Kier alpha value is -1.26. The molecule has 122 valence electrons. The Balaban J connectivity index is 1.80. The van der Waals surface area contributed by atoms with E-state index in [-0.39, 0.29) is 0 Å². The Morgan fingerprint density at radius 3 is 2.50 bits per heavy atom. The molecule has 2 aliphatic heterocycles. The van der Waals surface area contributed by atoms with Crippen molar-refractivity contribution >= 4 is 11.4 Å². The van der Waals surface area contributed by atoms with Gasteiger partial charge < -0.3 is 19.9 Å². The number of piperazine rings is 1. The van der Waals surface area contributed by atoms with Gasteiger partial charge in [0.2, 0.25) is 0 Å². The molecule has 2 aliphatic rings. The van der Waals surface area contributed by atoms with Gasteiger partial charge in [-0.15, -0.1) is 0 Å². The lowest BCUT2D eigenvalue weighted by Gasteiger charge is -2.39. The molecule has 0 aromatic heterocycles. The van der Waals surface area contributed by atoms with Gasteiger partial charge >= 0.3 is 0 Å². The summed E-state index contributed by atoms with van der Waals surface area (Å²) in [6.45, 7) is 14.0. The maximum atomic E-state index is 5.85. The highest BCUT2D eigenvalue weighted by atomic mass is 16.5. The molecule has 4 nitrogen and oxygen atoms in total. The second-order valence-electron chi connectivity index (χ2n) is 6.88. The summed E-state index contributed by atoms with van der Waals surface area (Å²) in [6.07, 6.45) is 0.604. The number of benzene rings is 1. The molecule has 0 radical (unpaired) electrons. The lowest BCUT2D eigenvalue weighted by Crippen LogP contribution is -2.50. The lowest BCUT2D eigenvalue weighted by molar-refractivity contribution is -0.00524. The molecular weight excluding hydrogens is 274 g/mol. The highest BCUT2D eigenvalue weighted by molar-refractivity contribution is 5.62. The minimum Gasteiger partial charge on any atom is -0.372 e. The number of aryl methyl sites for hydroxylation is 1. The van der Waals surface area contributed by atoms with Crippen molar-refractivity contribution in [2.24, 2.45) is 0 Å². The van der Waals surface area contributed by atoms with Gasteiger partial charge in [0.25, 0.3) is 0 Å². The molecule has 2 heterocycles. The Morgan fingerprint density at radius 2 is 1.86 bits per heavy atom. The van der Waals surface area contributed by atoms with Gasteiger partial charge in [-0.05, 0) is 51.5 Å². The normalized spacial score (nSPS) is 29.7. The summed E-state index contributed by atoms with van der Waals surface area (Å²) in [5.74, 6) is 0. The van der Waals surface area contributed by atoms with Crippen molar-refractivity contribution in [2.75, 3.05) is 42.5 Å². The third-order valence-corrected chi connectivity index (χ3v) is 4.77. The standard InChI is InChI=1S/C18H29N3O/c1-13-9-17(21-8-7-19-10-14(21)2)5-6-18(13)20-11-15(3)22-16(4)12-20/h5-6,9,14-16,19H,7-8,10-12H2,1-4H3/t14-,15-,16+/m1/s1. The average molecular weight is 303 g/mol. The van der Waals surface area contributed by atoms with E-state index in [9.17, 15) is 0 Å². The molecule has 0 amide bonds. The highest BCUT2D eigenvalue weighted by Crippen LogP contribution is 2.29. The van der Waals surface area contributed by atoms with Crippen LogP contribution in [-0.2, 0) is 4.74 Å². The van der Waals surface area contributed by atoms with Crippen LogP contribution in [0, 0.1) is 6.92 Å². The predicted octanol–water partition coefficient (Wildman–Crippen LogP) is 2.41. The first-order valence-corrected chi connectivity index (χ1v) is 8.53. The molecule has 0 unspecified atom stereocenters. The van der Waals surface area contributed by atoms with Gasteiger partial charge in [0.05, 0.1) is 12.2 Å². The van der Waals surface area contributed by atoms with Gasteiger partial charge in [0, 0.05) is 50.1 Å². The third kappa shape index (κ3) is 3.23. The minimum absolute atomic E-state index is 0.302. The van der Waals surface area contributed by atoms with E-state index in [1.807, 2.05) is 0 Å². The molecule has 4 heteroatoms. The van der Waals surface area contributed by atoms with Crippen molar-refractivity contribution in [3.05, 3.63) is 23.8 Å². The van der Waals surface area contributed by atoms with Crippen LogP contribution in [-0.4, -0.2) is 51.0 Å². The van der Waals surface area contributed by atoms with Crippen LogP contribution in [0.15, 0.2) is 18.2 Å². The second kappa shape index (κ2) is 6.47. The zero-order valence-electron chi connectivity index (χ0n) is 14.3. The van der Waals surface area contributed by atoms with E-state index in [0.717, 1.165) is 32.7 Å². The summed E-state index contributed by atoms with van der Waals surface area (Å²) >= 11 is 0. The molecule has 1 aromatic carbocycles. The molecule has 22 heavy (non-hydrogen) atoms. The van der Waals surface area contributed by atoms with Gasteiger partial charge in [-0.2, -0.15) is 0 Å². The summed E-state index contributed by atoms with van der Waals surface area (Å²) in [6, 6.07) is 7.49. The van der Waals surface area contributed by atoms with E-state index < -0.39 is 0 Å². The monoisotopic (exact) mass is 303 g/mol. The van der Waals surface area contributed by atoms with E-state index in [4.69, 9.17) is 4.74 Å². The molecular formula is C18H29N3O. The first-order chi connectivity index (χ1) is 10.5. The molecule has 0 aliphatic carbocycles. The van der Waals surface area contributed by atoms with Crippen molar-refractivity contribution < 1.29 is 4.74 Å². The Morgan fingerprint density at radius 1 is 1.14 bits per heavy atom. The predicted molar refractivity (Wildman–Crippen MR) is 93.1 cm³/mol. The largest absolute Gasteiger partial charge is 0.372 e. The Labute approximate surface area is 134 Å². The molecule has 0 spiro atoms. The van der Waals surface area contributed by atoms with Gasteiger partial charge in [0.15, 0.2) is 0 Å². The zero-order chi connectivity index (χ0) is 15.7. The first kappa shape index (κ1) is 15.6. The molecule has 2 fully saturated rings. The molecule has 1 aromatic rings. The van der Waals surface area contributed by atoms with Crippen LogP contribution in [0.3, 0.4) is 0 Å². The van der Waals surface area contributed by atoms with Crippen LogP contribution in [0.1, 0.15) is 26.3 Å². The van der Waals surface area contributed by atoms with Crippen molar-refractivity contribution in [1.29, 1.82) is 0 Å². The molecule has 3 rings (SSSR count). The number of nitrogens with one attached hydrogen (secondary N) is 1. The Kier molecular flexibility index (Phi) is 4.59. The average Bonchev–Trinajstić information content (AvgIpc) is 2.46. The topological polar surface area (TPSA) is 27.7 Å². The van der Waals surface area contributed by atoms with Gasteiger partial charge in [-0.3, -0.25) is 0 Å². The van der Waals surface area contributed by atoms with Crippen LogP contribution < -0.4 is 15.1 Å². The maximum absolute atomic E-state index is 5.85. The van der Waals surface area contributed by atoms with Crippen molar-refractivity contribution in [2.45, 2.75) is 45.9 Å². The Bertz CT molecular complexity index is 509. The fourth-order valence-corrected chi connectivity index (χ4v) is 3.77. The summed E-state index contributed by atoms with van der Waals surface area (Å²) in [7, 11) is 0. The fraction of sp³-hybridized carbons (Fsp3) is 0.667. The summed E-state index contributed by atoms with van der Waals surface area (Å²) in [4.78, 5) is 4.98. The summed E-state index contributed by atoms with van der Waals surface area (Å²) < 4.78 is 5.85. The van der Waals surface area contributed by atoms with Crippen LogP contribution in [0.25, 0.3) is 0 Å². The third-order valence-electron chi connectivity index (χ3n) is 4.77. The van der Waals surface area contributed by atoms with Crippen molar-refractivity contribution in [1.82, 2.24) is 5.32 Å². The van der Waals surface area contributed by atoms with E-state index in [1.165, 1.54) is 16.9 Å². The maximum Gasteiger partial charge on any atom is 0.0726 e. The van der Waals surface area contributed by atoms with E-state index in [0.29, 0.717) is 18.2 Å². The number of hydrogen-bond donors (Lipinski definition) is 1. The first-order valence-electron chi connectivity index (χ1n) is 8.53. The van der Waals surface area contributed by atoms with Crippen LogP contribution in [0.5, 0.6) is 0 Å². The van der Waals surface area contributed by atoms with Crippen molar-refractivity contribution in [3.8, 4) is 0 Å². The number of morpholine rings is 1. The molecule has 0 bridgehead atoms. The fourth-order valence-electron chi connectivity index (χ4n) is 3.77. The van der Waals surface area contributed by atoms with Gasteiger partial charge in [0.1, 0.15) is 0 Å². The molecule has 2 saturated heterocycles. The smallest absolute Gasteiger partial charge is 0.0726 e. The number of rotatable bonds is 2. The number of anilines is 2. The quantitative estimate of drug-likeness (QED) is 0.908. The van der Waals surface area contributed by atoms with Crippen LogP contribution >= 0.6 is 0 Å².